The van der Waals surface area contributed by atoms with Gasteiger partial charge in [-0.3, -0.25) is 4.79 Å². The minimum absolute atomic E-state index is 0.205. The zero-order chi connectivity index (χ0) is 18.1. The lowest BCUT2D eigenvalue weighted by molar-refractivity contribution is -0.137. The van der Waals surface area contributed by atoms with Crippen LogP contribution in [0.4, 0.5) is 13.2 Å². The second kappa shape index (κ2) is 6.51. The van der Waals surface area contributed by atoms with Gasteiger partial charge in [-0.2, -0.15) is 13.2 Å². The quantitative estimate of drug-likeness (QED) is 0.888. The highest BCUT2D eigenvalue weighted by molar-refractivity contribution is 5.82. The average Bonchev–Trinajstić information content (AvgIpc) is 2.42. The molecule has 0 heterocycles. The van der Waals surface area contributed by atoms with E-state index in [1.54, 1.807) is 19.9 Å². The number of nitrogens with one attached hydrogen (secondary N) is 1. The number of halogens is 3. The number of alkyl halides is 3. The predicted molar refractivity (Wildman–Crippen MR) is 84.9 cm³/mol. The van der Waals surface area contributed by atoms with E-state index in [4.69, 9.17) is 5.73 Å². The molecule has 0 saturated carbocycles. The van der Waals surface area contributed by atoms with E-state index in [-0.39, 0.29) is 17.9 Å². The number of hydrogen-bond donors (Lipinski definition) is 2. The molecule has 6 heteroatoms. The van der Waals surface area contributed by atoms with Crippen LogP contribution in [-0.4, -0.2) is 18.5 Å². The van der Waals surface area contributed by atoms with Crippen molar-refractivity contribution in [2.24, 2.45) is 11.1 Å². The van der Waals surface area contributed by atoms with Crippen molar-refractivity contribution in [3.05, 3.63) is 35.4 Å². The van der Waals surface area contributed by atoms with Gasteiger partial charge in [0.2, 0.25) is 5.91 Å². The Labute approximate surface area is 135 Å². The molecule has 0 saturated heterocycles. The molecule has 0 bridgehead atoms. The standard InChI is InChI=1S/C17H25F3N2O/c1-15(2,3)13(21)14(23)22-10-16(4,5)11-7-6-8-12(9-11)17(18,19)20/h6-9,13H,10,21H2,1-5H3,(H,22,23)/t13-/m1/s1. The Morgan fingerprint density at radius 3 is 2.13 bits per heavy atom. The third-order valence-electron chi connectivity index (χ3n) is 3.89. The molecule has 1 amide bonds. The number of benzene rings is 1. The van der Waals surface area contributed by atoms with Gasteiger partial charge in [0.25, 0.3) is 0 Å². The summed E-state index contributed by atoms with van der Waals surface area (Å²) < 4.78 is 38.5. The summed E-state index contributed by atoms with van der Waals surface area (Å²) in [6, 6.07) is 4.48. The highest BCUT2D eigenvalue weighted by Gasteiger charge is 2.33. The van der Waals surface area contributed by atoms with Crippen molar-refractivity contribution in [2.75, 3.05) is 6.54 Å². The van der Waals surface area contributed by atoms with Gasteiger partial charge in [-0.1, -0.05) is 52.8 Å². The molecular weight excluding hydrogens is 305 g/mol. The van der Waals surface area contributed by atoms with E-state index in [1.165, 1.54) is 6.07 Å². The molecule has 1 atom stereocenters. The lowest BCUT2D eigenvalue weighted by atomic mass is 9.83. The van der Waals surface area contributed by atoms with Crippen molar-refractivity contribution in [2.45, 2.75) is 52.3 Å². The topological polar surface area (TPSA) is 55.1 Å². The number of carbonyl (C=O) groups is 1. The summed E-state index contributed by atoms with van der Waals surface area (Å²) in [5.74, 6) is -0.308. The van der Waals surface area contributed by atoms with Crippen molar-refractivity contribution in [3.8, 4) is 0 Å². The van der Waals surface area contributed by atoms with Crippen molar-refractivity contribution in [1.82, 2.24) is 5.32 Å². The van der Waals surface area contributed by atoms with Crippen LogP contribution in [0.2, 0.25) is 0 Å². The number of nitrogens with two attached hydrogens (primary N) is 1. The lowest BCUT2D eigenvalue weighted by Gasteiger charge is -2.30. The van der Waals surface area contributed by atoms with E-state index in [1.807, 2.05) is 20.8 Å². The maximum atomic E-state index is 12.8. The molecule has 0 aromatic heterocycles. The van der Waals surface area contributed by atoms with Crippen LogP contribution in [0.1, 0.15) is 45.7 Å². The monoisotopic (exact) mass is 330 g/mol. The average molecular weight is 330 g/mol. The van der Waals surface area contributed by atoms with E-state index < -0.39 is 23.2 Å². The summed E-state index contributed by atoms with van der Waals surface area (Å²) in [5.41, 5.74) is 4.67. The zero-order valence-electron chi connectivity index (χ0n) is 14.2. The first-order valence-corrected chi connectivity index (χ1v) is 7.46. The fraction of sp³-hybridized carbons (Fsp3) is 0.588. The number of hydrogen-bond acceptors (Lipinski definition) is 2. The van der Waals surface area contributed by atoms with Crippen LogP contribution in [0.25, 0.3) is 0 Å². The molecule has 0 radical (unpaired) electrons. The van der Waals surface area contributed by atoms with Crippen LogP contribution >= 0.6 is 0 Å². The van der Waals surface area contributed by atoms with E-state index in [0.717, 1.165) is 12.1 Å². The van der Waals surface area contributed by atoms with Crippen LogP contribution in [-0.2, 0) is 16.4 Å². The normalized spacial score (nSPS) is 14.5. The number of rotatable bonds is 4. The summed E-state index contributed by atoms with van der Waals surface area (Å²) in [5, 5.41) is 2.74. The van der Waals surface area contributed by atoms with Gasteiger partial charge in [0, 0.05) is 12.0 Å². The minimum atomic E-state index is -4.38. The van der Waals surface area contributed by atoms with E-state index in [2.05, 4.69) is 5.32 Å². The molecule has 0 fully saturated rings. The maximum absolute atomic E-state index is 12.8. The highest BCUT2D eigenvalue weighted by Crippen LogP contribution is 2.32. The van der Waals surface area contributed by atoms with Gasteiger partial charge >= 0.3 is 6.18 Å². The van der Waals surface area contributed by atoms with Crippen LogP contribution in [0.5, 0.6) is 0 Å². The van der Waals surface area contributed by atoms with Crippen LogP contribution < -0.4 is 11.1 Å². The molecule has 0 aliphatic heterocycles. The fourth-order valence-corrected chi connectivity index (χ4v) is 2.03. The Bertz CT molecular complexity index is 560. The zero-order valence-corrected chi connectivity index (χ0v) is 14.2. The van der Waals surface area contributed by atoms with Crippen LogP contribution in [0.15, 0.2) is 24.3 Å². The van der Waals surface area contributed by atoms with Crippen molar-refractivity contribution in [1.29, 1.82) is 0 Å². The Morgan fingerprint density at radius 2 is 1.65 bits per heavy atom. The third-order valence-corrected chi connectivity index (χ3v) is 3.89. The van der Waals surface area contributed by atoms with Gasteiger partial charge in [0.1, 0.15) is 0 Å². The number of carbonyl (C=O) groups excluding carboxylic acids is 1. The summed E-state index contributed by atoms with van der Waals surface area (Å²) in [7, 11) is 0. The third kappa shape index (κ3) is 5.23. The molecular formula is C17H25F3N2O. The molecule has 0 aliphatic rings. The molecule has 0 aliphatic carbocycles. The Kier molecular flexibility index (Phi) is 5.52. The molecule has 1 aromatic carbocycles. The van der Waals surface area contributed by atoms with E-state index in [9.17, 15) is 18.0 Å². The summed E-state index contributed by atoms with van der Waals surface area (Å²) in [4.78, 5) is 12.1. The molecule has 1 aromatic rings. The van der Waals surface area contributed by atoms with E-state index in [0.29, 0.717) is 5.56 Å². The molecule has 0 unspecified atom stereocenters. The fourth-order valence-electron chi connectivity index (χ4n) is 2.03. The summed E-state index contributed by atoms with van der Waals surface area (Å²) in [6.45, 7) is 9.34. The van der Waals surface area contributed by atoms with Crippen molar-refractivity contribution < 1.29 is 18.0 Å². The largest absolute Gasteiger partial charge is 0.416 e. The highest BCUT2D eigenvalue weighted by atomic mass is 19.4. The molecule has 130 valence electrons. The molecule has 3 N–H and O–H groups in total. The summed E-state index contributed by atoms with van der Waals surface area (Å²) >= 11 is 0. The number of amides is 1. The SMILES string of the molecule is CC(C)(CNC(=O)[C@@H](N)C(C)(C)C)c1cccc(C(F)(F)F)c1. The lowest BCUT2D eigenvalue weighted by Crippen LogP contribution is -2.50. The van der Waals surface area contributed by atoms with Gasteiger partial charge in [0.15, 0.2) is 0 Å². The first kappa shape index (κ1) is 19.5. The molecule has 0 spiro atoms. The first-order valence-electron chi connectivity index (χ1n) is 7.46. The minimum Gasteiger partial charge on any atom is -0.354 e. The Balaban J connectivity index is 2.86. The first-order chi connectivity index (χ1) is 10.2. The molecule has 23 heavy (non-hydrogen) atoms. The van der Waals surface area contributed by atoms with Gasteiger partial charge in [-0.05, 0) is 17.0 Å². The van der Waals surface area contributed by atoms with Gasteiger partial charge in [-0.25, -0.2) is 0 Å². The Hall–Kier alpha value is -1.56. The summed E-state index contributed by atoms with van der Waals surface area (Å²) in [6.07, 6.45) is -4.38. The van der Waals surface area contributed by atoms with Gasteiger partial charge < -0.3 is 11.1 Å². The second-order valence-corrected chi connectivity index (χ2v) is 7.52. The Morgan fingerprint density at radius 1 is 1.13 bits per heavy atom. The van der Waals surface area contributed by atoms with Crippen LogP contribution in [0.3, 0.4) is 0 Å². The second-order valence-electron chi connectivity index (χ2n) is 7.52. The van der Waals surface area contributed by atoms with Gasteiger partial charge in [-0.15, -0.1) is 0 Å². The maximum Gasteiger partial charge on any atom is 0.416 e. The molecule has 1 rings (SSSR count). The van der Waals surface area contributed by atoms with Crippen molar-refractivity contribution in [3.63, 3.8) is 0 Å². The van der Waals surface area contributed by atoms with Crippen LogP contribution in [0, 0.1) is 5.41 Å². The van der Waals surface area contributed by atoms with E-state index >= 15 is 0 Å². The molecule has 3 nitrogen and oxygen atoms in total. The smallest absolute Gasteiger partial charge is 0.354 e. The van der Waals surface area contributed by atoms with Crippen molar-refractivity contribution >= 4 is 5.91 Å². The van der Waals surface area contributed by atoms with Gasteiger partial charge in [0.05, 0.1) is 11.6 Å². The predicted octanol–water partition coefficient (Wildman–Crippen LogP) is 3.47.